The van der Waals surface area contributed by atoms with Crippen LogP contribution in [-0.4, -0.2) is 46.5 Å². The molecule has 24 heavy (non-hydrogen) atoms. The lowest BCUT2D eigenvalue weighted by atomic mass is 10.2. The van der Waals surface area contributed by atoms with E-state index in [1.54, 1.807) is 11.8 Å². The summed E-state index contributed by atoms with van der Waals surface area (Å²) in [5.41, 5.74) is -0.188. The number of aromatic nitrogens is 2. The number of likely N-dealkylation sites (tertiary alicyclic amines) is 1. The number of aryl methyl sites for hydroxylation is 1. The number of carbonyl (C=O) groups excluding carboxylic acids is 1. The van der Waals surface area contributed by atoms with E-state index in [0.717, 1.165) is 6.42 Å². The minimum atomic E-state index is -0.188. The van der Waals surface area contributed by atoms with Gasteiger partial charge in [0.1, 0.15) is 17.4 Å². The monoisotopic (exact) mass is 328 g/mol. The first kappa shape index (κ1) is 16.0. The van der Waals surface area contributed by atoms with Crippen molar-refractivity contribution in [2.45, 2.75) is 19.4 Å². The topological polar surface area (TPSA) is 87.3 Å². The Morgan fingerprint density at radius 2 is 2.21 bits per heavy atom. The highest BCUT2D eigenvalue weighted by Crippen LogP contribution is 2.15. The molecule has 1 atom stereocenters. The fourth-order valence-electron chi connectivity index (χ4n) is 2.72. The molecule has 0 bridgehead atoms. The molecule has 1 unspecified atom stereocenters. The Balaban J connectivity index is 1.51. The molecule has 0 spiro atoms. The number of nitrogens with zero attached hydrogens (tertiary/aromatic N) is 2. The first-order valence-electron chi connectivity index (χ1n) is 7.90. The smallest absolute Gasteiger partial charge is 0.260 e. The van der Waals surface area contributed by atoms with E-state index >= 15 is 0 Å². The summed E-state index contributed by atoms with van der Waals surface area (Å²) in [6.07, 6.45) is 0.810. The number of amides is 1. The van der Waals surface area contributed by atoms with Gasteiger partial charge in [0.25, 0.3) is 11.5 Å². The van der Waals surface area contributed by atoms with Crippen LogP contribution in [0, 0.1) is 6.92 Å². The maximum atomic E-state index is 12.2. The Morgan fingerprint density at radius 1 is 1.42 bits per heavy atom. The zero-order valence-corrected chi connectivity index (χ0v) is 13.5. The summed E-state index contributed by atoms with van der Waals surface area (Å²) in [5.74, 6) is 1.74. The summed E-state index contributed by atoms with van der Waals surface area (Å²) >= 11 is 0. The van der Waals surface area contributed by atoms with Crippen LogP contribution in [0.3, 0.4) is 0 Å². The molecule has 1 aromatic heterocycles. The molecule has 2 aromatic rings. The second-order valence-corrected chi connectivity index (χ2v) is 5.79. The van der Waals surface area contributed by atoms with Gasteiger partial charge < -0.3 is 19.9 Å². The maximum Gasteiger partial charge on any atom is 0.260 e. The second kappa shape index (κ2) is 7.16. The third kappa shape index (κ3) is 4.13. The van der Waals surface area contributed by atoms with Crippen LogP contribution in [0.1, 0.15) is 12.2 Å². The summed E-state index contributed by atoms with van der Waals surface area (Å²) in [6, 6.07) is 10.8. The Morgan fingerprint density at radius 3 is 2.96 bits per heavy atom. The van der Waals surface area contributed by atoms with Crippen molar-refractivity contribution in [1.29, 1.82) is 0 Å². The quantitative estimate of drug-likeness (QED) is 0.860. The van der Waals surface area contributed by atoms with Gasteiger partial charge in [-0.25, -0.2) is 4.98 Å². The van der Waals surface area contributed by atoms with E-state index < -0.39 is 0 Å². The van der Waals surface area contributed by atoms with Gasteiger partial charge in [-0.3, -0.25) is 9.59 Å². The summed E-state index contributed by atoms with van der Waals surface area (Å²) in [4.78, 5) is 32.3. The molecule has 7 heteroatoms. The van der Waals surface area contributed by atoms with Crippen molar-refractivity contribution >= 4 is 11.7 Å². The van der Waals surface area contributed by atoms with Gasteiger partial charge in [0.15, 0.2) is 6.61 Å². The van der Waals surface area contributed by atoms with Crippen molar-refractivity contribution in [2.75, 3.05) is 25.0 Å². The van der Waals surface area contributed by atoms with Gasteiger partial charge in [-0.2, -0.15) is 0 Å². The number of carbonyl (C=O) groups is 1. The summed E-state index contributed by atoms with van der Waals surface area (Å²) in [6.45, 7) is 3.00. The predicted octanol–water partition coefficient (Wildman–Crippen LogP) is 1.17. The number of para-hydroxylation sites is 1. The van der Waals surface area contributed by atoms with Crippen LogP contribution in [0.25, 0.3) is 0 Å². The molecule has 1 fully saturated rings. The molecule has 7 nitrogen and oxygen atoms in total. The minimum Gasteiger partial charge on any atom is -0.484 e. The third-order valence-corrected chi connectivity index (χ3v) is 3.86. The standard InChI is InChI=1S/C17H20N4O3/c1-12-18-15(9-16(22)19-12)20-13-7-8-21(10-13)17(23)11-24-14-5-3-2-4-6-14/h2-6,9,13H,7-8,10-11H2,1H3,(H2,18,19,20,22). The van der Waals surface area contributed by atoms with Gasteiger partial charge in [0, 0.05) is 25.2 Å². The lowest BCUT2D eigenvalue weighted by molar-refractivity contribution is -0.132. The van der Waals surface area contributed by atoms with Gasteiger partial charge in [0.2, 0.25) is 0 Å². The number of nitrogens with one attached hydrogen (secondary N) is 2. The maximum absolute atomic E-state index is 12.2. The minimum absolute atomic E-state index is 0.0269. The third-order valence-electron chi connectivity index (χ3n) is 3.86. The van der Waals surface area contributed by atoms with E-state index in [4.69, 9.17) is 4.74 Å². The van der Waals surface area contributed by atoms with Crippen LogP contribution in [0.4, 0.5) is 5.82 Å². The zero-order chi connectivity index (χ0) is 16.9. The zero-order valence-electron chi connectivity index (χ0n) is 13.5. The molecule has 126 valence electrons. The van der Waals surface area contributed by atoms with E-state index in [9.17, 15) is 9.59 Å². The summed E-state index contributed by atoms with van der Waals surface area (Å²) in [7, 11) is 0. The van der Waals surface area contributed by atoms with Gasteiger partial charge >= 0.3 is 0 Å². The molecular weight excluding hydrogens is 308 g/mol. The number of hydrogen-bond donors (Lipinski definition) is 2. The number of aromatic amines is 1. The molecule has 0 radical (unpaired) electrons. The number of rotatable bonds is 5. The van der Waals surface area contributed by atoms with Gasteiger partial charge in [0.05, 0.1) is 0 Å². The predicted molar refractivity (Wildman–Crippen MR) is 90.1 cm³/mol. The van der Waals surface area contributed by atoms with Gasteiger partial charge in [-0.1, -0.05) is 18.2 Å². The molecule has 1 aromatic carbocycles. The molecule has 1 saturated heterocycles. The molecule has 0 aliphatic carbocycles. The molecule has 3 rings (SSSR count). The molecular formula is C17H20N4O3. The SMILES string of the molecule is Cc1nc(NC2CCN(C(=O)COc3ccccc3)C2)cc(=O)[nH]1. The number of hydrogen-bond acceptors (Lipinski definition) is 5. The molecule has 1 amide bonds. The summed E-state index contributed by atoms with van der Waals surface area (Å²) in [5, 5.41) is 3.22. The average Bonchev–Trinajstić information content (AvgIpc) is 3.01. The highest BCUT2D eigenvalue weighted by atomic mass is 16.5. The Bertz CT molecular complexity index is 760. The van der Waals surface area contributed by atoms with Crippen LogP contribution in [0.15, 0.2) is 41.2 Å². The van der Waals surface area contributed by atoms with Crippen LogP contribution >= 0.6 is 0 Å². The van der Waals surface area contributed by atoms with E-state index in [2.05, 4.69) is 15.3 Å². The van der Waals surface area contributed by atoms with Crippen LogP contribution in [0.2, 0.25) is 0 Å². The Hall–Kier alpha value is -2.83. The van der Waals surface area contributed by atoms with E-state index in [1.165, 1.54) is 6.07 Å². The van der Waals surface area contributed by atoms with Gasteiger partial charge in [-0.15, -0.1) is 0 Å². The van der Waals surface area contributed by atoms with Crippen LogP contribution < -0.4 is 15.6 Å². The van der Waals surface area contributed by atoms with E-state index in [1.807, 2.05) is 30.3 Å². The Kier molecular flexibility index (Phi) is 4.79. The largest absolute Gasteiger partial charge is 0.484 e. The van der Waals surface area contributed by atoms with E-state index in [0.29, 0.717) is 30.5 Å². The van der Waals surface area contributed by atoms with Crippen molar-refractivity contribution in [2.24, 2.45) is 0 Å². The van der Waals surface area contributed by atoms with Crippen molar-refractivity contribution in [1.82, 2.24) is 14.9 Å². The van der Waals surface area contributed by atoms with Crippen LogP contribution in [-0.2, 0) is 4.79 Å². The van der Waals surface area contributed by atoms with Crippen LogP contribution in [0.5, 0.6) is 5.75 Å². The Labute approximate surface area is 139 Å². The molecule has 1 aliphatic rings. The summed E-state index contributed by atoms with van der Waals surface area (Å²) < 4.78 is 5.50. The first-order chi connectivity index (χ1) is 11.6. The van der Waals surface area contributed by atoms with Crippen molar-refractivity contribution in [3.05, 3.63) is 52.6 Å². The van der Waals surface area contributed by atoms with Crippen molar-refractivity contribution in [3.8, 4) is 5.75 Å². The average molecular weight is 328 g/mol. The number of anilines is 1. The van der Waals surface area contributed by atoms with Gasteiger partial charge in [-0.05, 0) is 25.5 Å². The highest BCUT2D eigenvalue weighted by Gasteiger charge is 2.26. The molecule has 0 saturated carbocycles. The first-order valence-corrected chi connectivity index (χ1v) is 7.90. The molecule has 2 heterocycles. The lowest BCUT2D eigenvalue weighted by Crippen LogP contribution is -2.35. The number of H-pyrrole nitrogens is 1. The fourth-order valence-corrected chi connectivity index (χ4v) is 2.72. The normalized spacial score (nSPS) is 16.9. The molecule has 1 aliphatic heterocycles. The highest BCUT2D eigenvalue weighted by molar-refractivity contribution is 5.78. The number of ether oxygens (including phenoxy) is 1. The van der Waals surface area contributed by atoms with E-state index in [-0.39, 0.29) is 24.1 Å². The van der Waals surface area contributed by atoms with Crippen molar-refractivity contribution < 1.29 is 9.53 Å². The fraction of sp³-hybridized carbons (Fsp3) is 0.353. The van der Waals surface area contributed by atoms with Crippen molar-refractivity contribution in [3.63, 3.8) is 0 Å². The lowest BCUT2D eigenvalue weighted by Gasteiger charge is -2.17. The molecule has 2 N–H and O–H groups in total. The second-order valence-electron chi connectivity index (χ2n) is 5.79. The number of benzene rings is 1.